The fourth-order valence-corrected chi connectivity index (χ4v) is 4.48. The van der Waals surface area contributed by atoms with Gasteiger partial charge in [-0.05, 0) is 18.9 Å². The molecule has 0 aliphatic carbocycles. The minimum atomic E-state index is -3.91. The molecule has 1 aromatic heterocycles. The van der Waals surface area contributed by atoms with Gasteiger partial charge in [0.25, 0.3) is 0 Å². The van der Waals surface area contributed by atoms with Crippen LogP contribution in [-0.2, 0) is 26.5 Å². The maximum atomic E-state index is 11.3. The molecule has 0 unspecified atom stereocenters. The van der Waals surface area contributed by atoms with Gasteiger partial charge in [0, 0.05) is 4.88 Å². The van der Waals surface area contributed by atoms with Crippen molar-refractivity contribution in [1.82, 2.24) is 0 Å². The zero-order valence-electron chi connectivity index (χ0n) is 9.21. The highest BCUT2D eigenvalue weighted by Crippen LogP contribution is 2.29. The summed E-state index contributed by atoms with van der Waals surface area (Å²) in [6, 6.07) is 1.03. The predicted octanol–water partition coefficient (Wildman–Crippen LogP) is 0.386. The number of primary sulfonamides is 2. The van der Waals surface area contributed by atoms with Gasteiger partial charge in [0.15, 0.2) is 0 Å². The first-order valence-corrected chi connectivity index (χ1v) is 8.75. The first kappa shape index (κ1) is 14.6. The molecule has 1 aromatic rings. The molecule has 0 saturated heterocycles. The molecule has 0 radical (unpaired) electrons. The molecule has 0 bridgehead atoms. The Morgan fingerprint density at radius 3 is 2.18 bits per heavy atom. The lowest BCUT2D eigenvalue weighted by atomic mass is 10.2. The van der Waals surface area contributed by atoms with E-state index < -0.39 is 20.0 Å². The molecule has 4 N–H and O–H groups in total. The summed E-state index contributed by atoms with van der Waals surface area (Å²) in [5, 5.41) is 9.99. The molecule has 0 aromatic carbocycles. The zero-order chi connectivity index (χ0) is 13.3. The maximum Gasteiger partial charge on any atom is 0.247 e. The molecule has 98 valence electrons. The van der Waals surface area contributed by atoms with E-state index in [1.54, 1.807) is 0 Å². The number of hydrogen-bond acceptors (Lipinski definition) is 5. The van der Waals surface area contributed by atoms with E-state index in [0.717, 1.165) is 30.2 Å². The van der Waals surface area contributed by atoms with Crippen LogP contribution in [0, 0.1) is 0 Å². The number of aryl methyl sites for hydroxylation is 1. The summed E-state index contributed by atoms with van der Waals surface area (Å²) in [4.78, 5) is 0.304. The normalized spacial score (nSPS) is 12.9. The van der Waals surface area contributed by atoms with E-state index in [0.29, 0.717) is 11.3 Å². The van der Waals surface area contributed by atoms with Gasteiger partial charge in [-0.25, -0.2) is 27.1 Å². The Kier molecular flexibility index (Phi) is 4.31. The third kappa shape index (κ3) is 3.75. The van der Waals surface area contributed by atoms with Crippen LogP contribution in [-0.4, -0.2) is 16.8 Å². The van der Waals surface area contributed by atoms with Gasteiger partial charge >= 0.3 is 0 Å². The fraction of sp³-hybridized carbons (Fsp3) is 0.500. The molecule has 17 heavy (non-hydrogen) atoms. The topological polar surface area (TPSA) is 120 Å². The highest BCUT2D eigenvalue weighted by molar-refractivity contribution is 7.92. The smallest absolute Gasteiger partial charge is 0.225 e. The highest BCUT2D eigenvalue weighted by atomic mass is 32.2. The number of thiophene rings is 1. The van der Waals surface area contributed by atoms with Crippen molar-refractivity contribution in [2.75, 3.05) is 0 Å². The van der Waals surface area contributed by atoms with Crippen LogP contribution in [0.3, 0.4) is 0 Å². The molecular formula is C8H14N2O4S3. The van der Waals surface area contributed by atoms with E-state index in [9.17, 15) is 16.8 Å². The first-order chi connectivity index (χ1) is 7.66. The Morgan fingerprint density at radius 1 is 1.18 bits per heavy atom. The van der Waals surface area contributed by atoms with Gasteiger partial charge in [-0.1, -0.05) is 13.3 Å². The van der Waals surface area contributed by atoms with Crippen LogP contribution >= 0.6 is 11.3 Å². The summed E-state index contributed by atoms with van der Waals surface area (Å²) in [5.74, 6) is 0. The summed E-state index contributed by atoms with van der Waals surface area (Å²) < 4.78 is 44.7. The van der Waals surface area contributed by atoms with E-state index in [4.69, 9.17) is 10.3 Å². The van der Waals surface area contributed by atoms with Gasteiger partial charge in [0.2, 0.25) is 20.0 Å². The molecule has 0 saturated carbocycles. The van der Waals surface area contributed by atoms with E-state index in [-0.39, 0.29) is 9.10 Å². The molecule has 0 aliphatic heterocycles. The van der Waals surface area contributed by atoms with Crippen LogP contribution in [0.2, 0.25) is 0 Å². The molecule has 6 nitrogen and oxygen atoms in total. The Bertz CT molecular complexity index is 601. The largest absolute Gasteiger partial charge is 0.247 e. The number of unbranched alkanes of at least 4 members (excludes halogenated alkanes) is 1. The Morgan fingerprint density at radius 2 is 1.76 bits per heavy atom. The van der Waals surface area contributed by atoms with Gasteiger partial charge in [-0.2, -0.15) is 0 Å². The molecule has 1 heterocycles. The lowest BCUT2D eigenvalue weighted by molar-refractivity contribution is 0.596. The molecule has 1 rings (SSSR count). The van der Waals surface area contributed by atoms with Crippen molar-refractivity contribution in [2.24, 2.45) is 10.3 Å². The Balaban J connectivity index is 3.32. The number of rotatable bonds is 5. The molecule has 0 aliphatic rings. The summed E-state index contributed by atoms with van der Waals surface area (Å²) in [6.07, 6.45) is 2.10. The second-order valence-electron chi connectivity index (χ2n) is 3.55. The lowest BCUT2D eigenvalue weighted by Gasteiger charge is -1.99. The zero-order valence-corrected chi connectivity index (χ0v) is 11.7. The summed E-state index contributed by atoms with van der Waals surface area (Å²) in [6.45, 7) is 1.95. The predicted molar refractivity (Wildman–Crippen MR) is 65.7 cm³/mol. The average Bonchev–Trinajstić information content (AvgIpc) is 2.56. The number of sulfonamides is 2. The highest BCUT2D eigenvalue weighted by Gasteiger charge is 2.22. The SMILES string of the molecule is CCCCc1sc(S(N)(=O)=O)cc1S(N)(=O)=O. The Labute approximate surface area is 105 Å². The molecule has 0 spiro atoms. The van der Waals surface area contributed by atoms with Crippen molar-refractivity contribution in [3.63, 3.8) is 0 Å². The second-order valence-corrected chi connectivity index (χ2v) is 8.00. The van der Waals surface area contributed by atoms with E-state index in [1.807, 2.05) is 6.92 Å². The lowest BCUT2D eigenvalue weighted by Crippen LogP contribution is -2.13. The van der Waals surface area contributed by atoms with Crippen molar-refractivity contribution in [3.8, 4) is 0 Å². The van der Waals surface area contributed by atoms with Crippen molar-refractivity contribution in [2.45, 2.75) is 35.3 Å². The maximum absolute atomic E-state index is 11.3. The molecule has 0 fully saturated rings. The minimum Gasteiger partial charge on any atom is -0.225 e. The van der Waals surface area contributed by atoms with Crippen LogP contribution in [0.4, 0.5) is 0 Å². The summed E-state index contributed by atoms with van der Waals surface area (Å²) >= 11 is 0.861. The number of nitrogens with two attached hydrogens (primary N) is 2. The molecular weight excluding hydrogens is 284 g/mol. The van der Waals surface area contributed by atoms with Crippen LogP contribution < -0.4 is 10.3 Å². The van der Waals surface area contributed by atoms with Crippen molar-refractivity contribution in [3.05, 3.63) is 10.9 Å². The standard InChI is InChI=1S/C8H14N2O4S3/c1-2-3-4-6-7(16(9,11)12)5-8(15-6)17(10,13)14/h5H,2-4H2,1H3,(H2,9,11,12)(H2,10,13,14). The molecule has 0 atom stereocenters. The van der Waals surface area contributed by atoms with Crippen molar-refractivity contribution in [1.29, 1.82) is 0 Å². The van der Waals surface area contributed by atoms with Gasteiger partial charge in [-0.15, -0.1) is 11.3 Å². The average molecular weight is 298 g/mol. The third-order valence-corrected chi connectivity index (χ3v) is 5.81. The quantitative estimate of drug-likeness (QED) is 0.816. The monoisotopic (exact) mass is 298 g/mol. The van der Waals surface area contributed by atoms with Gasteiger partial charge in [-0.3, -0.25) is 0 Å². The molecule has 9 heteroatoms. The van der Waals surface area contributed by atoms with Gasteiger partial charge in [0.1, 0.15) is 4.21 Å². The van der Waals surface area contributed by atoms with Gasteiger partial charge < -0.3 is 0 Å². The van der Waals surface area contributed by atoms with Crippen LogP contribution in [0.25, 0.3) is 0 Å². The fourth-order valence-electron chi connectivity index (χ4n) is 1.28. The van der Waals surface area contributed by atoms with Crippen molar-refractivity contribution >= 4 is 31.4 Å². The minimum absolute atomic E-state index is 0.139. The van der Waals surface area contributed by atoms with Gasteiger partial charge in [0.05, 0.1) is 4.90 Å². The molecule has 0 amide bonds. The first-order valence-electron chi connectivity index (χ1n) is 4.84. The van der Waals surface area contributed by atoms with Crippen LogP contribution in [0.1, 0.15) is 24.6 Å². The summed E-state index contributed by atoms with van der Waals surface area (Å²) in [5.41, 5.74) is 0. The van der Waals surface area contributed by atoms with Crippen LogP contribution in [0.5, 0.6) is 0 Å². The summed E-state index contributed by atoms with van der Waals surface area (Å²) in [7, 11) is -7.80. The second kappa shape index (κ2) is 5.02. The van der Waals surface area contributed by atoms with Crippen LogP contribution in [0.15, 0.2) is 15.2 Å². The van der Waals surface area contributed by atoms with E-state index in [1.165, 1.54) is 0 Å². The Hall–Kier alpha value is -0.480. The van der Waals surface area contributed by atoms with Crippen molar-refractivity contribution < 1.29 is 16.8 Å². The van der Waals surface area contributed by atoms with E-state index >= 15 is 0 Å². The van der Waals surface area contributed by atoms with E-state index in [2.05, 4.69) is 0 Å². The third-order valence-electron chi connectivity index (χ3n) is 2.09. The number of hydrogen-bond donors (Lipinski definition) is 2.